The molecule has 1 aromatic carbocycles. The maximum atomic E-state index is 12.7. The molecular weight excluding hydrogens is 284 g/mol. The minimum absolute atomic E-state index is 0.0579. The topological polar surface area (TPSA) is 33.2 Å². The Morgan fingerprint density at radius 2 is 1.83 bits per heavy atom. The Morgan fingerprint density at radius 1 is 1.09 bits per heavy atom. The number of piperidine rings is 1. The van der Waals surface area contributed by atoms with E-state index in [-0.39, 0.29) is 5.91 Å². The smallest absolute Gasteiger partial charge is 0.272 e. The molecule has 0 atom stereocenters. The number of aryl methyl sites for hydroxylation is 2. The Labute approximate surface area is 138 Å². The second-order valence-electron chi connectivity index (χ2n) is 6.68. The van der Waals surface area contributed by atoms with Gasteiger partial charge in [0.15, 0.2) is 0 Å². The Morgan fingerprint density at radius 3 is 2.52 bits per heavy atom. The van der Waals surface area contributed by atoms with E-state index in [2.05, 4.69) is 44.0 Å². The Bertz CT molecular complexity index is 715. The molecule has 0 N–H and O–H groups in total. The molecule has 120 valence electrons. The number of benzene rings is 1. The first kappa shape index (κ1) is 15.7. The molecule has 0 aliphatic carbocycles. The summed E-state index contributed by atoms with van der Waals surface area (Å²) in [5.74, 6) is 0.775. The first-order valence-corrected chi connectivity index (χ1v) is 8.38. The molecule has 2 heterocycles. The third-order valence-electron chi connectivity index (χ3n) is 4.84. The van der Waals surface area contributed by atoms with Gasteiger partial charge in [-0.15, -0.1) is 0 Å². The molecule has 3 heteroatoms. The van der Waals surface area contributed by atoms with Gasteiger partial charge >= 0.3 is 0 Å². The van der Waals surface area contributed by atoms with Gasteiger partial charge in [0.25, 0.3) is 5.91 Å². The number of carbonyl (C=O) groups excluding carboxylic acids is 1. The number of amides is 1. The highest BCUT2D eigenvalue weighted by Gasteiger charge is 2.22. The van der Waals surface area contributed by atoms with Crippen molar-refractivity contribution >= 4 is 5.91 Å². The molecule has 3 rings (SSSR count). The lowest BCUT2D eigenvalue weighted by atomic mass is 9.99. The van der Waals surface area contributed by atoms with Crippen LogP contribution in [0.5, 0.6) is 0 Å². The summed E-state index contributed by atoms with van der Waals surface area (Å²) in [6.45, 7) is 8.14. The fourth-order valence-electron chi connectivity index (χ4n) is 2.99. The number of pyridine rings is 1. The van der Waals surface area contributed by atoms with Gasteiger partial charge in [0, 0.05) is 18.7 Å². The average Bonchev–Trinajstić information content (AvgIpc) is 2.57. The molecule has 1 aromatic heterocycles. The molecular formula is C20H24N2O. The van der Waals surface area contributed by atoms with Gasteiger partial charge in [-0.25, -0.2) is 4.98 Å². The van der Waals surface area contributed by atoms with Crippen LogP contribution in [-0.2, 0) is 0 Å². The summed E-state index contributed by atoms with van der Waals surface area (Å²) in [5, 5.41) is 0. The van der Waals surface area contributed by atoms with E-state index in [1.54, 1.807) is 0 Å². The first-order chi connectivity index (χ1) is 11.0. The summed E-state index contributed by atoms with van der Waals surface area (Å²) in [6, 6.07) is 12.0. The molecule has 3 nitrogen and oxygen atoms in total. The van der Waals surface area contributed by atoms with Crippen LogP contribution in [-0.4, -0.2) is 28.9 Å². The van der Waals surface area contributed by atoms with E-state index in [0.717, 1.165) is 37.2 Å². The molecule has 0 radical (unpaired) electrons. The normalized spacial score (nSPS) is 15.7. The zero-order chi connectivity index (χ0) is 16.4. The van der Waals surface area contributed by atoms with Crippen LogP contribution < -0.4 is 0 Å². The van der Waals surface area contributed by atoms with Gasteiger partial charge < -0.3 is 4.90 Å². The minimum atomic E-state index is 0.0579. The second-order valence-corrected chi connectivity index (χ2v) is 6.68. The van der Waals surface area contributed by atoms with Crippen LogP contribution in [0.25, 0.3) is 11.3 Å². The van der Waals surface area contributed by atoms with E-state index in [0.29, 0.717) is 11.6 Å². The van der Waals surface area contributed by atoms with Crippen LogP contribution in [0, 0.1) is 19.8 Å². The molecule has 1 fully saturated rings. The largest absolute Gasteiger partial charge is 0.337 e. The number of carbonyl (C=O) groups is 1. The van der Waals surface area contributed by atoms with Crippen molar-refractivity contribution in [1.82, 2.24) is 9.88 Å². The minimum Gasteiger partial charge on any atom is -0.337 e. The SMILES string of the molecule is Cc1ccc(-c2cccc(C(=O)N3CCC(C)CC3)n2)cc1C. The zero-order valence-corrected chi connectivity index (χ0v) is 14.2. The molecule has 0 spiro atoms. The number of aromatic nitrogens is 1. The summed E-state index contributed by atoms with van der Waals surface area (Å²) in [6.07, 6.45) is 2.17. The highest BCUT2D eigenvalue weighted by Crippen LogP contribution is 2.22. The molecule has 1 amide bonds. The lowest BCUT2D eigenvalue weighted by Gasteiger charge is -2.30. The number of rotatable bonds is 2. The van der Waals surface area contributed by atoms with Crippen LogP contribution >= 0.6 is 0 Å². The highest BCUT2D eigenvalue weighted by molar-refractivity contribution is 5.93. The van der Waals surface area contributed by atoms with Crippen molar-refractivity contribution in [1.29, 1.82) is 0 Å². The van der Waals surface area contributed by atoms with E-state index in [1.165, 1.54) is 11.1 Å². The maximum Gasteiger partial charge on any atom is 0.272 e. The van der Waals surface area contributed by atoms with Gasteiger partial charge in [-0.2, -0.15) is 0 Å². The Balaban J connectivity index is 1.84. The predicted molar refractivity (Wildman–Crippen MR) is 93.4 cm³/mol. The second kappa shape index (κ2) is 6.53. The van der Waals surface area contributed by atoms with Crippen LogP contribution in [0.15, 0.2) is 36.4 Å². The molecule has 0 saturated carbocycles. The molecule has 1 saturated heterocycles. The van der Waals surface area contributed by atoms with E-state index in [4.69, 9.17) is 0 Å². The standard InChI is InChI=1S/C20H24N2O/c1-14-9-11-22(12-10-14)20(23)19-6-4-5-18(21-19)17-8-7-15(2)16(3)13-17/h4-8,13-14H,9-12H2,1-3H3. The summed E-state index contributed by atoms with van der Waals surface area (Å²) in [4.78, 5) is 19.2. The van der Waals surface area contributed by atoms with E-state index in [9.17, 15) is 4.79 Å². The lowest BCUT2D eigenvalue weighted by molar-refractivity contribution is 0.0691. The van der Waals surface area contributed by atoms with Gasteiger partial charge in [0.2, 0.25) is 0 Å². The van der Waals surface area contributed by atoms with Gasteiger partial charge in [-0.1, -0.05) is 25.1 Å². The molecule has 0 bridgehead atoms. The summed E-state index contributed by atoms with van der Waals surface area (Å²) < 4.78 is 0. The van der Waals surface area contributed by atoms with E-state index in [1.807, 2.05) is 23.1 Å². The van der Waals surface area contributed by atoms with Crippen LogP contribution in [0.2, 0.25) is 0 Å². The quantitative estimate of drug-likeness (QED) is 0.831. The van der Waals surface area contributed by atoms with Gasteiger partial charge in [-0.3, -0.25) is 4.79 Å². The lowest BCUT2D eigenvalue weighted by Crippen LogP contribution is -2.38. The Hall–Kier alpha value is -2.16. The van der Waals surface area contributed by atoms with Crippen molar-refractivity contribution < 1.29 is 4.79 Å². The van der Waals surface area contributed by atoms with Crippen LogP contribution in [0.3, 0.4) is 0 Å². The number of hydrogen-bond acceptors (Lipinski definition) is 2. The van der Waals surface area contributed by atoms with Crippen LogP contribution in [0.1, 0.15) is 41.4 Å². The summed E-state index contributed by atoms with van der Waals surface area (Å²) in [7, 11) is 0. The predicted octanol–water partition coefficient (Wildman–Crippen LogP) is 4.24. The van der Waals surface area contributed by atoms with Crippen LogP contribution in [0.4, 0.5) is 0 Å². The fraction of sp³-hybridized carbons (Fsp3) is 0.400. The number of hydrogen-bond donors (Lipinski definition) is 0. The molecule has 1 aliphatic rings. The van der Waals surface area contributed by atoms with E-state index >= 15 is 0 Å². The average molecular weight is 308 g/mol. The third kappa shape index (κ3) is 3.44. The summed E-state index contributed by atoms with van der Waals surface area (Å²) in [5.41, 5.74) is 4.99. The monoisotopic (exact) mass is 308 g/mol. The van der Waals surface area contributed by atoms with Crippen molar-refractivity contribution in [2.75, 3.05) is 13.1 Å². The zero-order valence-electron chi connectivity index (χ0n) is 14.2. The van der Waals surface area contributed by atoms with Gasteiger partial charge in [-0.05, 0) is 61.9 Å². The van der Waals surface area contributed by atoms with Crippen molar-refractivity contribution in [3.05, 3.63) is 53.2 Å². The van der Waals surface area contributed by atoms with Crippen molar-refractivity contribution in [2.45, 2.75) is 33.6 Å². The van der Waals surface area contributed by atoms with E-state index < -0.39 is 0 Å². The van der Waals surface area contributed by atoms with Crippen molar-refractivity contribution in [3.8, 4) is 11.3 Å². The molecule has 23 heavy (non-hydrogen) atoms. The molecule has 0 unspecified atom stereocenters. The van der Waals surface area contributed by atoms with Crippen molar-refractivity contribution in [3.63, 3.8) is 0 Å². The highest BCUT2D eigenvalue weighted by atomic mass is 16.2. The maximum absolute atomic E-state index is 12.7. The summed E-state index contributed by atoms with van der Waals surface area (Å²) >= 11 is 0. The van der Waals surface area contributed by atoms with Gasteiger partial charge in [0.05, 0.1) is 5.69 Å². The first-order valence-electron chi connectivity index (χ1n) is 8.38. The molecule has 2 aromatic rings. The number of likely N-dealkylation sites (tertiary alicyclic amines) is 1. The van der Waals surface area contributed by atoms with Crippen molar-refractivity contribution in [2.24, 2.45) is 5.92 Å². The van der Waals surface area contributed by atoms with Gasteiger partial charge in [0.1, 0.15) is 5.69 Å². The number of nitrogens with zero attached hydrogens (tertiary/aromatic N) is 2. The molecule has 1 aliphatic heterocycles. The third-order valence-corrected chi connectivity index (χ3v) is 4.84. The fourth-order valence-corrected chi connectivity index (χ4v) is 2.99. The Kier molecular flexibility index (Phi) is 4.46.